The van der Waals surface area contributed by atoms with Crippen molar-refractivity contribution in [3.63, 3.8) is 0 Å². The van der Waals surface area contributed by atoms with Gasteiger partial charge in [-0.15, -0.1) is 0 Å². The maximum Gasteiger partial charge on any atom is 0.318 e. The van der Waals surface area contributed by atoms with Crippen molar-refractivity contribution >= 4 is 16.0 Å². The van der Waals surface area contributed by atoms with Crippen molar-refractivity contribution in [2.75, 3.05) is 13.2 Å². The molecule has 0 saturated carbocycles. The normalized spacial score (nSPS) is 11.4. The number of H-pyrrole nitrogens is 1. The third-order valence-corrected chi connectivity index (χ3v) is 5.19. The molecule has 0 saturated heterocycles. The monoisotopic (exact) mass is 395 g/mol. The van der Waals surface area contributed by atoms with Gasteiger partial charge in [0.05, 0.1) is 17.1 Å². The van der Waals surface area contributed by atoms with Gasteiger partial charge in [0.2, 0.25) is 10.0 Å². The summed E-state index contributed by atoms with van der Waals surface area (Å²) in [4.78, 5) is 29.5. The molecule has 2 aromatic rings. The summed E-state index contributed by atoms with van der Waals surface area (Å²) >= 11 is 0. The van der Waals surface area contributed by atoms with Crippen molar-refractivity contribution in [2.24, 2.45) is 0 Å². The van der Waals surface area contributed by atoms with Crippen LogP contribution in [-0.4, -0.2) is 42.6 Å². The number of carbonyl (C=O) groups is 1. The van der Waals surface area contributed by atoms with Crippen LogP contribution in [0.3, 0.4) is 0 Å². The number of nitrogens with zero attached hydrogens (tertiary/aromatic N) is 1. The van der Waals surface area contributed by atoms with E-state index in [0.29, 0.717) is 29.2 Å². The molecule has 1 aromatic carbocycles. The second-order valence-corrected chi connectivity index (χ2v) is 7.62. The van der Waals surface area contributed by atoms with Gasteiger partial charge in [-0.1, -0.05) is 6.92 Å². The van der Waals surface area contributed by atoms with Crippen molar-refractivity contribution in [3.05, 3.63) is 39.8 Å². The van der Waals surface area contributed by atoms with Crippen LogP contribution in [0.4, 0.5) is 0 Å². The van der Waals surface area contributed by atoms with Crippen LogP contribution in [-0.2, 0) is 14.8 Å². The third kappa shape index (κ3) is 4.92. The first kappa shape index (κ1) is 20.6. The fourth-order valence-electron chi connectivity index (χ4n) is 2.21. The van der Waals surface area contributed by atoms with Crippen LogP contribution >= 0.6 is 0 Å². The van der Waals surface area contributed by atoms with E-state index in [9.17, 15) is 18.0 Å². The van der Waals surface area contributed by atoms with Crippen LogP contribution in [0.25, 0.3) is 11.4 Å². The van der Waals surface area contributed by atoms with E-state index in [1.165, 1.54) is 18.2 Å². The molecular formula is C17H21N3O6S. The van der Waals surface area contributed by atoms with Crippen LogP contribution in [0.2, 0.25) is 0 Å². The molecule has 0 unspecified atom stereocenters. The van der Waals surface area contributed by atoms with E-state index in [0.717, 1.165) is 6.42 Å². The SMILES string of the molecule is CCCOc1ccc(S(=O)(=O)NCC(=O)O)cc1-c1nc(C)c(C)c(=O)[nH]1. The lowest BCUT2D eigenvalue weighted by Crippen LogP contribution is -2.29. The average molecular weight is 395 g/mol. The molecule has 0 aliphatic carbocycles. The summed E-state index contributed by atoms with van der Waals surface area (Å²) in [6.07, 6.45) is 0.733. The molecule has 0 aliphatic heterocycles. The molecule has 0 spiro atoms. The van der Waals surface area contributed by atoms with Crippen LogP contribution in [0.1, 0.15) is 24.6 Å². The molecule has 0 fully saturated rings. The highest BCUT2D eigenvalue weighted by atomic mass is 32.2. The number of carboxylic acids is 1. The molecule has 10 heteroatoms. The van der Waals surface area contributed by atoms with Crippen molar-refractivity contribution in [1.29, 1.82) is 0 Å². The van der Waals surface area contributed by atoms with E-state index in [2.05, 4.69) is 9.97 Å². The largest absolute Gasteiger partial charge is 0.493 e. The summed E-state index contributed by atoms with van der Waals surface area (Å²) in [5.41, 5.74) is 0.923. The number of nitrogens with one attached hydrogen (secondary N) is 2. The molecule has 3 N–H and O–H groups in total. The number of hydrogen-bond acceptors (Lipinski definition) is 6. The highest BCUT2D eigenvalue weighted by molar-refractivity contribution is 7.89. The van der Waals surface area contributed by atoms with Crippen molar-refractivity contribution in [3.8, 4) is 17.1 Å². The van der Waals surface area contributed by atoms with E-state index in [-0.39, 0.29) is 16.3 Å². The lowest BCUT2D eigenvalue weighted by atomic mass is 10.1. The van der Waals surface area contributed by atoms with E-state index in [4.69, 9.17) is 9.84 Å². The number of hydrogen-bond donors (Lipinski definition) is 3. The molecule has 1 heterocycles. The number of aryl methyl sites for hydroxylation is 1. The number of rotatable bonds is 8. The first-order valence-electron chi connectivity index (χ1n) is 8.22. The fourth-order valence-corrected chi connectivity index (χ4v) is 3.21. The molecule has 0 amide bonds. The van der Waals surface area contributed by atoms with Gasteiger partial charge in [-0.3, -0.25) is 9.59 Å². The van der Waals surface area contributed by atoms with Gasteiger partial charge in [-0.05, 0) is 38.5 Å². The summed E-state index contributed by atoms with van der Waals surface area (Å²) in [5, 5.41) is 8.69. The van der Waals surface area contributed by atoms with Gasteiger partial charge in [-0.2, -0.15) is 4.72 Å². The van der Waals surface area contributed by atoms with Crippen LogP contribution in [0, 0.1) is 13.8 Å². The van der Waals surface area contributed by atoms with Gasteiger partial charge >= 0.3 is 5.97 Å². The van der Waals surface area contributed by atoms with E-state index in [1.54, 1.807) is 13.8 Å². The van der Waals surface area contributed by atoms with Gasteiger partial charge in [0, 0.05) is 11.3 Å². The van der Waals surface area contributed by atoms with Gasteiger partial charge < -0.3 is 14.8 Å². The summed E-state index contributed by atoms with van der Waals surface area (Å²) in [6.45, 7) is 4.88. The Bertz CT molecular complexity index is 1010. The highest BCUT2D eigenvalue weighted by Gasteiger charge is 2.20. The van der Waals surface area contributed by atoms with E-state index in [1.807, 2.05) is 11.6 Å². The predicted molar refractivity (Wildman–Crippen MR) is 98.4 cm³/mol. The Labute approximate surface area is 156 Å². The Morgan fingerprint density at radius 1 is 1.33 bits per heavy atom. The Balaban J connectivity index is 2.59. The zero-order valence-electron chi connectivity index (χ0n) is 15.2. The molecule has 146 valence electrons. The van der Waals surface area contributed by atoms with Crippen molar-refractivity contribution < 1.29 is 23.1 Å². The molecule has 2 rings (SSSR count). The van der Waals surface area contributed by atoms with Crippen molar-refractivity contribution in [2.45, 2.75) is 32.1 Å². The minimum Gasteiger partial charge on any atom is -0.493 e. The minimum atomic E-state index is -4.06. The third-order valence-electron chi connectivity index (χ3n) is 3.79. The second kappa shape index (κ2) is 8.31. The van der Waals surface area contributed by atoms with Crippen LogP contribution in [0.5, 0.6) is 5.75 Å². The van der Waals surface area contributed by atoms with Crippen molar-refractivity contribution in [1.82, 2.24) is 14.7 Å². The van der Waals surface area contributed by atoms with E-state index < -0.39 is 22.5 Å². The summed E-state index contributed by atoms with van der Waals surface area (Å²) in [7, 11) is -4.06. The molecule has 0 bridgehead atoms. The van der Waals surface area contributed by atoms with Gasteiger partial charge in [-0.25, -0.2) is 13.4 Å². The molecule has 0 atom stereocenters. The number of aromatic amines is 1. The topological polar surface area (TPSA) is 138 Å². The maximum atomic E-state index is 12.3. The smallest absolute Gasteiger partial charge is 0.318 e. The number of ether oxygens (including phenoxy) is 1. The van der Waals surface area contributed by atoms with Gasteiger partial charge in [0.25, 0.3) is 5.56 Å². The van der Waals surface area contributed by atoms with Gasteiger partial charge in [0.1, 0.15) is 18.1 Å². The molecule has 0 aliphatic rings. The molecule has 27 heavy (non-hydrogen) atoms. The van der Waals surface area contributed by atoms with Crippen LogP contribution < -0.4 is 15.0 Å². The molecule has 9 nitrogen and oxygen atoms in total. The standard InChI is InChI=1S/C17H21N3O6S/c1-4-7-26-14-6-5-12(27(24,25)18-9-15(21)22)8-13(14)16-19-11(3)10(2)17(23)20-16/h5-6,8,18H,4,7,9H2,1-3H3,(H,21,22)(H,19,20,23). The first-order valence-corrected chi connectivity index (χ1v) is 9.70. The number of aromatic nitrogens is 2. The minimum absolute atomic E-state index is 0.163. The Kier molecular flexibility index (Phi) is 6.34. The zero-order chi connectivity index (χ0) is 20.2. The lowest BCUT2D eigenvalue weighted by Gasteiger charge is -2.13. The van der Waals surface area contributed by atoms with Gasteiger partial charge in [0.15, 0.2) is 0 Å². The number of carboxylic acid groups (broad SMARTS) is 1. The Hall–Kier alpha value is -2.72. The number of aliphatic carboxylic acids is 1. The number of benzene rings is 1. The predicted octanol–water partition coefficient (Wildman–Crippen LogP) is 1.21. The molecule has 1 aromatic heterocycles. The first-order chi connectivity index (χ1) is 12.7. The fraction of sp³-hybridized carbons (Fsp3) is 0.353. The van der Waals surface area contributed by atoms with E-state index >= 15 is 0 Å². The average Bonchev–Trinajstić information content (AvgIpc) is 2.62. The zero-order valence-corrected chi connectivity index (χ0v) is 16.0. The second-order valence-electron chi connectivity index (χ2n) is 5.85. The quantitative estimate of drug-likeness (QED) is 0.610. The molecular weight excluding hydrogens is 374 g/mol. The maximum absolute atomic E-state index is 12.3. The summed E-state index contributed by atoms with van der Waals surface area (Å²) < 4.78 is 32.3. The molecule has 0 radical (unpaired) electrons. The number of sulfonamides is 1. The highest BCUT2D eigenvalue weighted by Crippen LogP contribution is 2.30. The van der Waals surface area contributed by atoms with Crippen LogP contribution in [0.15, 0.2) is 27.9 Å². The Morgan fingerprint density at radius 3 is 2.63 bits per heavy atom. The lowest BCUT2D eigenvalue weighted by molar-refractivity contribution is -0.135. The summed E-state index contributed by atoms with van der Waals surface area (Å²) in [5.74, 6) is -0.772. The summed E-state index contributed by atoms with van der Waals surface area (Å²) in [6, 6.07) is 4.05. The Morgan fingerprint density at radius 2 is 2.04 bits per heavy atom.